The van der Waals surface area contributed by atoms with Crippen molar-refractivity contribution in [1.29, 1.82) is 0 Å². The monoisotopic (exact) mass is 405 g/mol. The third-order valence-electron chi connectivity index (χ3n) is 2.82. The van der Waals surface area contributed by atoms with Gasteiger partial charge in [0.25, 0.3) is 0 Å². The maximum absolute atomic E-state index is 5.30. The van der Waals surface area contributed by atoms with E-state index in [-0.39, 0.29) is 24.0 Å². The van der Waals surface area contributed by atoms with Gasteiger partial charge in [0.1, 0.15) is 0 Å². The van der Waals surface area contributed by atoms with Gasteiger partial charge in [-0.05, 0) is 32.3 Å². The number of rotatable bonds is 9. The van der Waals surface area contributed by atoms with Crippen molar-refractivity contribution in [3.05, 3.63) is 35.9 Å². The van der Waals surface area contributed by atoms with Crippen LogP contribution < -0.4 is 10.6 Å². The quantitative estimate of drug-likeness (QED) is 0.288. The molecule has 0 unspecified atom stereocenters. The fourth-order valence-corrected chi connectivity index (χ4v) is 1.85. The summed E-state index contributed by atoms with van der Waals surface area (Å²) in [5.41, 5.74) is 1.37. The van der Waals surface area contributed by atoms with E-state index in [1.54, 1.807) is 0 Å². The van der Waals surface area contributed by atoms with Crippen molar-refractivity contribution in [3.63, 3.8) is 0 Å². The zero-order valence-electron chi connectivity index (χ0n) is 13.1. The molecule has 21 heavy (non-hydrogen) atoms. The molecule has 5 heteroatoms. The highest BCUT2D eigenvalue weighted by Gasteiger charge is 1.96. The molecule has 0 saturated carbocycles. The molecule has 0 spiro atoms. The first-order valence-electron chi connectivity index (χ1n) is 7.50. The van der Waals surface area contributed by atoms with Gasteiger partial charge in [-0.1, -0.05) is 30.3 Å². The predicted molar refractivity (Wildman–Crippen MR) is 101 cm³/mol. The average Bonchev–Trinajstić information content (AvgIpc) is 2.49. The maximum atomic E-state index is 5.30. The average molecular weight is 405 g/mol. The van der Waals surface area contributed by atoms with Gasteiger partial charge < -0.3 is 15.4 Å². The lowest BCUT2D eigenvalue weighted by molar-refractivity contribution is 0.152. The molecule has 0 aliphatic carbocycles. The lowest BCUT2D eigenvalue weighted by atomic mass is 10.1. The van der Waals surface area contributed by atoms with Crippen LogP contribution in [0, 0.1) is 0 Å². The van der Waals surface area contributed by atoms with Crippen molar-refractivity contribution < 1.29 is 4.74 Å². The molecule has 0 amide bonds. The number of nitrogens with zero attached hydrogens (tertiary/aromatic N) is 1. The second-order valence-corrected chi connectivity index (χ2v) is 4.47. The van der Waals surface area contributed by atoms with E-state index in [1.807, 2.05) is 13.0 Å². The predicted octanol–water partition coefficient (Wildman–Crippen LogP) is 2.83. The number of ether oxygens (including phenoxy) is 1. The van der Waals surface area contributed by atoms with E-state index in [0.29, 0.717) is 6.61 Å². The Kier molecular flexibility index (Phi) is 13.6. The number of aliphatic imine (C=N–C) groups is 1. The molecule has 2 N–H and O–H groups in total. The van der Waals surface area contributed by atoms with Gasteiger partial charge in [-0.2, -0.15) is 0 Å². The van der Waals surface area contributed by atoms with E-state index >= 15 is 0 Å². The van der Waals surface area contributed by atoms with Crippen molar-refractivity contribution in [3.8, 4) is 0 Å². The van der Waals surface area contributed by atoms with Crippen LogP contribution >= 0.6 is 24.0 Å². The minimum Gasteiger partial charge on any atom is -0.380 e. The van der Waals surface area contributed by atoms with E-state index in [1.165, 1.54) is 5.56 Å². The van der Waals surface area contributed by atoms with Gasteiger partial charge >= 0.3 is 0 Å². The summed E-state index contributed by atoms with van der Waals surface area (Å²) in [6, 6.07) is 10.5. The van der Waals surface area contributed by atoms with Crippen LogP contribution in [0.2, 0.25) is 0 Å². The van der Waals surface area contributed by atoms with Gasteiger partial charge in [-0.15, -0.1) is 24.0 Å². The zero-order chi connectivity index (χ0) is 14.5. The first-order chi connectivity index (χ1) is 9.86. The summed E-state index contributed by atoms with van der Waals surface area (Å²) in [6.07, 6.45) is 2.13. The molecule has 0 bridgehead atoms. The maximum Gasteiger partial charge on any atom is 0.191 e. The van der Waals surface area contributed by atoms with Crippen molar-refractivity contribution in [2.75, 3.05) is 32.8 Å². The van der Waals surface area contributed by atoms with Crippen molar-refractivity contribution in [2.45, 2.75) is 26.7 Å². The molecule has 0 aromatic heterocycles. The lowest BCUT2D eigenvalue weighted by Gasteiger charge is -2.11. The fourth-order valence-electron chi connectivity index (χ4n) is 1.85. The summed E-state index contributed by atoms with van der Waals surface area (Å²) in [6.45, 7) is 8.04. The molecule has 120 valence electrons. The van der Waals surface area contributed by atoms with E-state index in [4.69, 9.17) is 4.74 Å². The third kappa shape index (κ3) is 10.5. The summed E-state index contributed by atoms with van der Waals surface area (Å²) in [4.78, 5) is 4.57. The van der Waals surface area contributed by atoms with E-state index in [2.05, 4.69) is 46.8 Å². The Bertz CT molecular complexity index is 371. The highest BCUT2D eigenvalue weighted by atomic mass is 127. The number of nitrogens with one attached hydrogen (secondary N) is 2. The van der Waals surface area contributed by atoms with Crippen molar-refractivity contribution in [1.82, 2.24) is 10.6 Å². The number of benzene rings is 1. The summed E-state index contributed by atoms with van der Waals surface area (Å²) in [5.74, 6) is 0.875. The number of hydrogen-bond acceptors (Lipinski definition) is 2. The summed E-state index contributed by atoms with van der Waals surface area (Å²) in [5, 5.41) is 6.51. The Morgan fingerprint density at radius 3 is 2.57 bits per heavy atom. The number of aryl methyl sites for hydroxylation is 1. The molecule has 0 aliphatic rings. The topological polar surface area (TPSA) is 45.7 Å². The Morgan fingerprint density at radius 1 is 1.14 bits per heavy atom. The normalized spacial score (nSPS) is 10.9. The van der Waals surface area contributed by atoms with E-state index in [9.17, 15) is 0 Å². The van der Waals surface area contributed by atoms with E-state index < -0.39 is 0 Å². The van der Waals surface area contributed by atoms with Gasteiger partial charge in [-0.3, -0.25) is 4.99 Å². The summed E-state index contributed by atoms with van der Waals surface area (Å²) < 4.78 is 5.30. The Morgan fingerprint density at radius 2 is 1.90 bits per heavy atom. The second-order valence-electron chi connectivity index (χ2n) is 4.47. The molecular formula is C16H28IN3O. The van der Waals surface area contributed by atoms with Gasteiger partial charge in [0.05, 0.1) is 6.61 Å². The molecule has 0 atom stereocenters. The standard InChI is InChI=1S/C16H27N3O.HI/c1-3-17-16(19-13-14-20-4-2)18-12-8-11-15-9-6-5-7-10-15;/h5-7,9-10H,3-4,8,11-14H2,1-2H3,(H2,17,18,19);1H. The van der Waals surface area contributed by atoms with Crippen LogP contribution in [0.1, 0.15) is 25.8 Å². The first kappa shape index (κ1) is 20.2. The molecule has 0 saturated heterocycles. The molecule has 4 nitrogen and oxygen atoms in total. The SMILES string of the molecule is CCNC(=NCCCc1ccccc1)NCCOCC.I. The number of guanidine groups is 1. The Hall–Kier alpha value is -0.820. The Labute approximate surface area is 145 Å². The summed E-state index contributed by atoms with van der Waals surface area (Å²) in [7, 11) is 0. The van der Waals surface area contributed by atoms with Crippen LogP contribution in [0.5, 0.6) is 0 Å². The smallest absolute Gasteiger partial charge is 0.191 e. The van der Waals surface area contributed by atoms with Crippen LogP contribution in [-0.2, 0) is 11.2 Å². The van der Waals surface area contributed by atoms with Gasteiger partial charge in [-0.25, -0.2) is 0 Å². The van der Waals surface area contributed by atoms with Crippen molar-refractivity contribution >= 4 is 29.9 Å². The molecule has 1 aromatic rings. The lowest BCUT2D eigenvalue weighted by Crippen LogP contribution is -2.39. The molecule has 1 aromatic carbocycles. The highest BCUT2D eigenvalue weighted by Crippen LogP contribution is 2.02. The first-order valence-corrected chi connectivity index (χ1v) is 7.50. The van der Waals surface area contributed by atoms with Crippen molar-refractivity contribution in [2.24, 2.45) is 4.99 Å². The molecule has 0 fully saturated rings. The molecule has 0 heterocycles. The van der Waals surface area contributed by atoms with Crippen LogP contribution in [-0.4, -0.2) is 38.8 Å². The molecule has 1 rings (SSSR count). The minimum absolute atomic E-state index is 0. The molecule has 0 radical (unpaired) electrons. The van der Waals surface area contributed by atoms with Gasteiger partial charge in [0, 0.05) is 26.2 Å². The van der Waals surface area contributed by atoms with Gasteiger partial charge in [0.15, 0.2) is 5.96 Å². The largest absolute Gasteiger partial charge is 0.380 e. The highest BCUT2D eigenvalue weighted by molar-refractivity contribution is 14.0. The number of halogens is 1. The zero-order valence-corrected chi connectivity index (χ0v) is 15.4. The Balaban J connectivity index is 0.00000400. The molecule has 0 aliphatic heterocycles. The minimum atomic E-state index is 0. The summed E-state index contributed by atoms with van der Waals surface area (Å²) >= 11 is 0. The number of hydrogen-bond donors (Lipinski definition) is 2. The van der Waals surface area contributed by atoms with Crippen LogP contribution in [0.15, 0.2) is 35.3 Å². The van der Waals surface area contributed by atoms with Crippen LogP contribution in [0.25, 0.3) is 0 Å². The van der Waals surface area contributed by atoms with E-state index in [0.717, 1.165) is 45.0 Å². The van der Waals surface area contributed by atoms with Crippen LogP contribution in [0.3, 0.4) is 0 Å². The van der Waals surface area contributed by atoms with Crippen LogP contribution in [0.4, 0.5) is 0 Å². The third-order valence-corrected chi connectivity index (χ3v) is 2.82. The van der Waals surface area contributed by atoms with Gasteiger partial charge in [0.2, 0.25) is 0 Å². The fraction of sp³-hybridized carbons (Fsp3) is 0.562. The molecular weight excluding hydrogens is 377 g/mol. The second kappa shape index (κ2) is 14.1.